The summed E-state index contributed by atoms with van der Waals surface area (Å²) < 4.78 is 5.89. The van der Waals surface area contributed by atoms with E-state index in [0.29, 0.717) is 13.2 Å². The number of nitrogens with zero attached hydrogens (tertiary/aromatic N) is 1. The maximum atomic E-state index is 9.19. The summed E-state index contributed by atoms with van der Waals surface area (Å²) in [4.78, 5) is 0. The van der Waals surface area contributed by atoms with E-state index in [0.717, 1.165) is 17.6 Å². The van der Waals surface area contributed by atoms with Gasteiger partial charge in [-0.2, -0.15) is 0 Å². The van der Waals surface area contributed by atoms with Gasteiger partial charge in [-0.1, -0.05) is 0 Å². The Morgan fingerprint density at radius 1 is 1.31 bits per heavy atom. The van der Waals surface area contributed by atoms with Gasteiger partial charge in [-0.3, -0.25) is 0 Å². The smallest absolute Gasteiger partial charge is 0.104 e. The van der Waals surface area contributed by atoms with Gasteiger partial charge in [0.2, 0.25) is 0 Å². The van der Waals surface area contributed by atoms with Gasteiger partial charge in [-0.15, -0.1) is 0 Å². The van der Waals surface area contributed by atoms with Crippen molar-refractivity contribution < 1.29 is 19.4 Å². The second kappa shape index (κ2) is 6.32. The van der Waals surface area contributed by atoms with Crippen molar-refractivity contribution in [3.05, 3.63) is 0 Å². The van der Waals surface area contributed by atoms with Gasteiger partial charge in [0, 0.05) is 0 Å². The van der Waals surface area contributed by atoms with Crippen molar-refractivity contribution in [2.45, 2.75) is 13.0 Å². The second-order valence-corrected chi connectivity index (χ2v) is 4.03. The summed E-state index contributed by atoms with van der Waals surface area (Å²) in [6.45, 7) is 4.46. The highest BCUT2D eigenvalue weighted by Crippen LogP contribution is 1.99. The average molecular weight is 192 g/mol. The zero-order valence-electron chi connectivity index (χ0n) is 8.86. The van der Waals surface area contributed by atoms with Crippen LogP contribution in [-0.4, -0.2) is 67.8 Å². The van der Waals surface area contributed by atoms with Crippen molar-refractivity contribution in [3.8, 4) is 0 Å². The van der Waals surface area contributed by atoms with E-state index in [1.54, 1.807) is 6.92 Å². The number of ether oxygens (including phenoxy) is 1. The molecule has 0 aliphatic carbocycles. The van der Waals surface area contributed by atoms with E-state index in [1.807, 2.05) is 0 Å². The fraction of sp³-hybridized carbons (Fsp3) is 1.00. The molecule has 0 heterocycles. The summed E-state index contributed by atoms with van der Waals surface area (Å²) in [7, 11) is 4.10. The molecule has 0 aromatic carbocycles. The first-order valence-corrected chi connectivity index (χ1v) is 4.66. The van der Waals surface area contributed by atoms with E-state index >= 15 is 0 Å². The molecule has 0 aromatic heterocycles. The fourth-order valence-corrected chi connectivity index (χ4v) is 1.28. The molecule has 0 fully saturated rings. The highest BCUT2D eigenvalue weighted by molar-refractivity contribution is 4.43. The van der Waals surface area contributed by atoms with E-state index in [-0.39, 0.29) is 12.7 Å². The second-order valence-electron chi connectivity index (χ2n) is 4.03. The molecule has 0 aliphatic heterocycles. The zero-order chi connectivity index (χ0) is 10.3. The molecule has 0 saturated heterocycles. The highest BCUT2D eigenvalue weighted by Gasteiger charge is 2.17. The van der Waals surface area contributed by atoms with Crippen LogP contribution in [0.15, 0.2) is 0 Å². The van der Waals surface area contributed by atoms with E-state index in [4.69, 9.17) is 9.84 Å². The van der Waals surface area contributed by atoms with E-state index in [1.165, 1.54) is 0 Å². The number of hydrogen-bond donors (Lipinski definition) is 2. The van der Waals surface area contributed by atoms with Crippen LogP contribution in [0.2, 0.25) is 0 Å². The minimum atomic E-state index is -0.284. The maximum Gasteiger partial charge on any atom is 0.104 e. The van der Waals surface area contributed by atoms with Gasteiger partial charge in [0.1, 0.15) is 19.2 Å². The molecular formula is C9H22NO3+. The van der Waals surface area contributed by atoms with Gasteiger partial charge in [-0.05, 0) is 6.92 Å². The summed E-state index contributed by atoms with van der Waals surface area (Å²) in [5.41, 5.74) is 0. The molecule has 0 spiro atoms. The number of aliphatic hydroxyl groups is 2. The van der Waals surface area contributed by atoms with Gasteiger partial charge in [-0.25, -0.2) is 0 Å². The third kappa shape index (κ3) is 8.18. The van der Waals surface area contributed by atoms with Crippen molar-refractivity contribution in [1.82, 2.24) is 0 Å². The van der Waals surface area contributed by atoms with Crippen LogP contribution in [0.3, 0.4) is 0 Å². The van der Waals surface area contributed by atoms with Gasteiger partial charge in [0.25, 0.3) is 0 Å². The predicted molar refractivity (Wildman–Crippen MR) is 51.4 cm³/mol. The molecule has 0 aromatic rings. The molecule has 1 atom stereocenters. The van der Waals surface area contributed by atoms with Crippen LogP contribution in [0.4, 0.5) is 0 Å². The minimum Gasteiger partial charge on any atom is -0.394 e. The van der Waals surface area contributed by atoms with Crippen LogP contribution in [0.1, 0.15) is 6.92 Å². The first kappa shape index (κ1) is 12.8. The Kier molecular flexibility index (Phi) is 6.24. The van der Waals surface area contributed by atoms with E-state index in [9.17, 15) is 5.11 Å². The molecule has 80 valence electrons. The average Bonchev–Trinajstić information content (AvgIpc) is 1.95. The summed E-state index contributed by atoms with van der Waals surface area (Å²) >= 11 is 0. The van der Waals surface area contributed by atoms with Crippen LogP contribution in [0.5, 0.6) is 0 Å². The first-order chi connectivity index (χ1) is 5.98. The molecule has 0 saturated carbocycles. The highest BCUT2D eigenvalue weighted by atomic mass is 16.5. The molecule has 1 unspecified atom stereocenters. The lowest BCUT2D eigenvalue weighted by Crippen LogP contribution is -2.46. The fourth-order valence-electron chi connectivity index (χ4n) is 1.28. The molecule has 13 heavy (non-hydrogen) atoms. The van der Waals surface area contributed by atoms with Crippen LogP contribution < -0.4 is 0 Å². The molecule has 4 heteroatoms. The topological polar surface area (TPSA) is 49.7 Å². The first-order valence-electron chi connectivity index (χ1n) is 4.66. The Balaban J connectivity index is 3.50. The van der Waals surface area contributed by atoms with Gasteiger partial charge < -0.3 is 19.4 Å². The van der Waals surface area contributed by atoms with Crippen LogP contribution in [0, 0.1) is 0 Å². The van der Waals surface area contributed by atoms with E-state index in [2.05, 4.69) is 14.1 Å². The van der Waals surface area contributed by atoms with Crippen molar-refractivity contribution >= 4 is 0 Å². The zero-order valence-corrected chi connectivity index (χ0v) is 8.86. The van der Waals surface area contributed by atoms with Crippen molar-refractivity contribution in [1.29, 1.82) is 0 Å². The van der Waals surface area contributed by atoms with Gasteiger partial charge >= 0.3 is 0 Å². The summed E-state index contributed by atoms with van der Waals surface area (Å²) in [5, 5.41) is 17.7. The Morgan fingerprint density at radius 2 is 1.92 bits per heavy atom. The summed E-state index contributed by atoms with van der Waals surface area (Å²) in [6, 6.07) is 0. The van der Waals surface area contributed by atoms with Crippen molar-refractivity contribution in [3.63, 3.8) is 0 Å². The third-order valence-electron chi connectivity index (χ3n) is 1.84. The maximum absolute atomic E-state index is 9.19. The van der Waals surface area contributed by atoms with E-state index < -0.39 is 0 Å². The predicted octanol–water partition coefficient (Wildman–Crippen LogP) is -0.547. The lowest BCUT2D eigenvalue weighted by molar-refractivity contribution is -0.893. The number of quaternary nitrogens is 1. The number of likely N-dealkylation sites (N-methyl/N-ethyl adjacent to an activating group) is 1. The number of rotatable bonds is 7. The molecule has 0 aliphatic rings. The lowest BCUT2D eigenvalue weighted by Gasteiger charge is -2.30. The molecule has 2 N–H and O–H groups in total. The Morgan fingerprint density at radius 3 is 2.38 bits per heavy atom. The Bertz CT molecular complexity index is 126. The third-order valence-corrected chi connectivity index (χ3v) is 1.84. The van der Waals surface area contributed by atoms with Crippen LogP contribution >= 0.6 is 0 Å². The SMILES string of the molecule is CC(O)C[N+](C)(C)CCOCCO. The lowest BCUT2D eigenvalue weighted by atomic mass is 10.3. The van der Waals surface area contributed by atoms with Crippen LogP contribution in [0.25, 0.3) is 0 Å². The quantitative estimate of drug-likeness (QED) is 0.420. The Hall–Kier alpha value is -0.160. The molecule has 4 nitrogen and oxygen atoms in total. The molecule has 0 radical (unpaired) electrons. The standard InChI is InChI=1S/C9H22NO3/c1-9(12)8-10(2,3)4-6-13-7-5-11/h9,11-12H,4-8H2,1-3H3/q+1. The molecule has 0 rings (SSSR count). The molecular weight excluding hydrogens is 170 g/mol. The Labute approximate surface area is 80.3 Å². The van der Waals surface area contributed by atoms with Crippen molar-refractivity contribution in [2.24, 2.45) is 0 Å². The van der Waals surface area contributed by atoms with Crippen molar-refractivity contribution in [2.75, 3.05) is 47.0 Å². The number of hydrogen-bond acceptors (Lipinski definition) is 3. The monoisotopic (exact) mass is 192 g/mol. The van der Waals surface area contributed by atoms with Gasteiger partial charge in [0.05, 0.1) is 33.9 Å². The molecule has 0 bridgehead atoms. The summed E-state index contributed by atoms with van der Waals surface area (Å²) in [6.07, 6.45) is -0.284. The minimum absolute atomic E-state index is 0.0732. The van der Waals surface area contributed by atoms with Gasteiger partial charge in [0.15, 0.2) is 0 Å². The number of aliphatic hydroxyl groups excluding tert-OH is 2. The normalized spacial score (nSPS) is 14.5. The van der Waals surface area contributed by atoms with Crippen LogP contribution in [-0.2, 0) is 4.74 Å². The molecule has 0 amide bonds. The largest absolute Gasteiger partial charge is 0.394 e. The summed E-state index contributed by atoms with van der Waals surface area (Å²) in [5.74, 6) is 0.